The van der Waals surface area contributed by atoms with Crippen molar-refractivity contribution in [3.8, 4) is 0 Å². The first kappa shape index (κ1) is 11.4. The van der Waals surface area contributed by atoms with Crippen LogP contribution in [0.4, 0.5) is 0 Å². The molecule has 0 rings (SSSR count). The third kappa shape index (κ3) is 4.31. The van der Waals surface area contributed by atoms with Crippen molar-refractivity contribution in [1.29, 1.82) is 0 Å². The van der Waals surface area contributed by atoms with Gasteiger partial charge in [0, 0.05) is 6.61 Å². The van der Waals surface area contributed by atoms with E-state index in [-0.39, 0.29) is 6.61 Å². The summed E-state index contributed by atoms with van der Waals surface area (Å²) in [7, 11) is 1.77. The van der Waals surface area contributed by atoms with Gasteiger partial charge in [0.15, 0.2) is 0 Å². The molecule has 2 N–H and O–H groups in total. The lowest BCUT2D eigenvalue weighted by Gasteiger charge is -2.20. The van der Waals surface area contributed by atoms with Crippen molar-refractivity contribution in [3.63, 3.8) is 0 Å². The van der Waals surface area contributed by atoms with Crippen molar-refractivity contribution in [2.24, 2.45) is 0 Å². The third-order valence-corrected chi connectivity index (χ3v) is 1.94. The Bertz CT molecular complexity index is 138. The Morgan fingerprint density at radius 3 is 2.50 bits per heavy atom. The number of aliphatic hydroxyl groups excluding tert-OH is 1. The Labute approximate surface area is 72.8 Å². The van der Waals surface area contributed by atoms with E-state index in [4.69, 9.17) is 10.2 Å². The molecule has 0 spiro atoms. The van der Waals surface area contributed by atoms with Crippen molar-refractivity contribution in [2.75, 3.05) is 20.2 Å². The summed E-state index contributed by atoms with van der Waals surface area (Å²) in [6.45, 7) is 2.55. The minimum absolute atomic E-state index is 0.176. The van der Waals surface area contributed by atoms with Crippen LogP contribution in [0.25, 0.3) is 0 Å². The van der Waals surface area contributed by atoms with Gasteiger partial charge >= 0.3 is 5.97 Å². The number of rotatable bonds is 6. The highest BCUT2D eigenvalue weighted by molar-refractivity contribution is 5.72. The van der Waals surface area contributed by atoms with E-state index in [1.165, 1.54) is 0 Å². The van der Waals surface area contributed by atoms with Gasteiger partial charge < -0.3 is 10.2 Å². The molecule has 0 saturated heterocycles. The molecule has 0 aliphatic carbocycles. The molecule has 0 aromatic rings. The highest BCUT2D eigenvalue weighted by Crippen LogP contribution is 1.98. The quantitative estimate of drug-likeness (QED) is 0.565. The van der Waals surface area contributed by atoms with Crippen molar-refractivity contribution in [2.45, 2.75) is 25.8 Å². The fraction of sp³-hybridized carbons (Fsp3) is 0.875. The van der Waals surface area contributed by atoms with Crippen LogP contribution < -0.4 is 0 Å². The van der Waals surface area contributed by atoms with Gasteiger partial charge in [-0.3, -0.25) is 9.69 Å². The van der Waals surface area contributed by atoms with Crippen LogP contribution >= 0.6 is 0 Å². The van der Waals surface area contributed by atoms with Gasteiger partial charge in [-0.2, -0.15) is 0 Å². The zero-order valence-corrected chi connectivity index (χ0v) is 7.66. The number of unbranched alkanes of at least 4 members (excludes halogenated alkanes) is 1. The number of aliphatic hydroxyl groups is 1. The molecule has 0 saturated carbocycles. The molecule has 12 heavy (non-hydrogen) atoms. The first-order valence-corrected chi connectivity index (χ1v) is 4.13. The van der Waals surface area contributed by atoms with Crippen LogP contribution in [0.5, 0.6) is 0 Å². The molecule has 0 heterocycles. The van der Waals surface area contributed by atoms with Crippen molar-refractivity contribution >= 4 is 5.97 Å². The number of nitrogens with zero attached hydrogens (tertiary/aromatic N) is 1. The molecular weight excluding hydrogens is 158 g/mol. The SMILES string of the molecule is CC(C(=O)O)N(C)CCCCO. The van der Waals surface area contributed by atoms with Gasteiger partial charge in [-0.25, -0.2) is 0 Å². The Kier molecular flexibility index (Phi) is 5.66. The average molecular weight is 175 g/mol. The molecule has 0 aromatic heterocycles. The zero-order chi connectivity index (χ0) is 9.56. The van der Waals surface area contributed by atoms with Crippen LogP contribution in [0.1, 0.15) is 19.8 Å². The molecular formula is C8H17NO3. The second-order valence-electron chi connectivity index (χ2n) is 2.93. The number of carbonyl (C=O) groups is 1. The van der Waals surface area contributed by atoms with E-state index in [9.17, 15) is 4.79 Å². The second kappa shape index (κ2) is 5.97. The van der Waals surface area contributed by atoms with E-state index in [0.29, 0.717) is 6.54 Å². The van der Waals surface area contributed by atoms with E-state index < -0.39 is 12.0 Å². The molecule has 0 radical (unpaired) electrons. The first-order chi connectivity index (χ1) is 5.59. The lowest BCUT2D eigenvalue weighted by atomic mass is 10.2. The Morgan fingerprint density at radius 2 is 2.08 bits per heavy atom. The Hall–Kier alpha value is -0.610. The summed E-state index contributed by atoms with van der Waals surface area (Å²) in [5, 5.41) is 17.1. The average Bonchev–Trinajstić information content (AvgIpc) is 2.03. The molecule has 72 valence electrons. The lowest BCUT2D eigenvalue weighted by molar-refractivity contribution is -0.142. The van der Waals surface area contributed by atoms with Crippen LogP contribution in [-0.4, -0.2) is 47.3 Å². The van der Waals surface area contributed by atoms with Crippen LogP contribution in [0, 0.1) is 0 Å². The summed E-state index contributed by atoms with van der Waals surface area (Å²) < 4.78 is 0. The largest absolute Gasteiger partial charge is 0.480 e. The van der Waals surface area contributed by atoms with Gasteiger partial charge in [0.1, 0.15) is 6.04 Å². The summed E-state index contributed by atoms with van der Waals surface area (Å²) in [6.07, 6.45) is 1.57. The smallest absolute Gasteiger partial charge is 0.320 e. The second-order valence-corrected chi connectivity index (χ2v) is 2.93. The predicted octanol–water partition coefficient (Wildman–Crippen LogP) is 0.164. The van der Waals surface area contributed by atoms with Gasteiger partial charge in [-0.05, 0) is 33.4 Å². The summed E-state index contributed by atoms with van der Waals surface area (Å²) in [5.41, 5.74) is 0. The fourth-order valence-electron chi connectivity index (χ4n) is 0.855. The molecule has 0 amide bonds. The minimum atomic E-state index is -0.804. The third-order valence-electron chi connectivity index (χ3n) is 1.94. The molecule has 0 aliphatic heterocycles. The maximum atomic E-state index is 10.5. The van der Waals surface area contributed by atoms with Crippen LogP contribution in [0.15, 0.2) is 0 Å². The van der Waals surface area contributed by atoms with Gasteiger partial charge in [-0.15, -0.1) is 0 Å². The van der Waals surface area contributed by atoms with Crippen LogP contribution in [0.2, 0.25) is 0 Å². The normalized spacial score (nSPS) is 13.3. The minimum Gasteiger partial charge on any atom is -0.480 e. The number of carboxylic acids is 1. The highest BCUT2D eigenvalue weighted by Gasteiger charge is 2.15. The number of carboxylic acid groups (broad SMARTS) is 1. The number of hydrogen-bond donors (Lipinski definition) is 2. The standard InChI is InChI=1S/C8H17NO3/c1-7(8(11)12)9(2)5-3-4-6-10/h7,10H,3-6H2,1-2H3,(H,11,12). The molecule has 1 unspecified atom stereocenters. The highest BCUT2D eigenvalue weighted by atomic mass is 16.4. The summed E-state index contributed by atoms with van der Waals surface area (Å²) in [6, 6.07) is -0.441. The van der Waals surface area contributed by atoms with Crippen LogP contribution in [0.3, 0.4) is 0 Å². The van der Waals surface area contributed by atoms with Gasteiger partial charge in [0.25, 0.3) is 0 Å². The van der Waals surface area contributed by atoms with E-state index in [2.05, 4.69) is 0 Å². The molecule has 0 aliphatic rings. The topological polar surface area (TPSA) is 60.8 Å². The summed E-state index contributed by atoms with van der Waals surface area (Å²) in [5.74, 6) is -0.804. The van der Waals surface area contributed by atoms with Crippen molar-refractivity contribution < 1.29 is 15.0 Å². The molecule has 0 aromatic carbocycles. The predicted molar refractivity (Wildman–Crippen MR) is 46.0 cm³/mol. The molecule has 4 heteroatoms. The number of aliphatic carboxylic acids is 1. The van der Waals surface area contributed by atoms with E-state index in [1.807, 2.05) is 0 Å². The van der Waals surface area contributed by atoms with E-state index >= 15 is 0 Å². The van der Waals surface area contributed by atoms with E-state index in [0.717, 1.165) is 12.8 Å². The summed E-state index contributed by atoms with van der Waals surface area (Å²) >= 11 is 0. The molecule has 0 fully saturated rings. The number of likely N-dealkylation sites (N-methyl/N-ethyl adjacent to an activating group) is 1. The molecule has 0 bridgehead atoms. The zero-order valence-electron chi connectivity index (χ0n) is 7.66. The molecule has 4 nitrogen and oxygen atoms in total. The Balaban J connectivity index is 3.56. The monoisotopic (exact) mass is 175 g/mol. The van der Waals surface area contributed by atoms with Gasteiger partial charge in [0.05, 0.1) is 0 Å². The molecule has 1 atom stereocenters. The maximum Gasteiger partial charge on any atom is 0.320 e. The lowest BCUT2D eigenvalue weighted by Crippen LogP contribution is -2.36. The van der Waals surface area contributed by atoms with Gasteiger partial charge in [0.2, 0.25) is 0 Å². The number of hydrogen-bond acceptors (Lipinski definition) is 3. The van der Waals surface area contributed by atoms with Crippen molar-refractivity contribution in [3.05, 3.63) is 0 Å². The first-order valence-electron chi connectivity index (χ1n) is 4.13. The van der Waals surface area contributed by atoms with E-state index in [1.54, 1.807) is 18.9 Å². The van der Waals surface area contributed by atoms with Gasteiger partial charge in [-0.1, -0.05) is 0 Å². The fourth-order valence-corrected chi connectivity index (χ4v) is 0.855. The summed E-state index contributed by atoms with van der Waals surface area (Å²) in [4.78, 5) is 12.2. The Morgan fingerprint density at radius 1 is 1.50 bits per heavy atom. The maximum absolute atomic E-state index is 10.5. The van der Waals surface area contributed by atoms with Crippen LogP contribution in [-0.2, 0) is 4.79 Å². The van der Waals surface area contributed by atoms with Crippen molar-refractivity contribution in [1.82, 2.24) is 4.90 Å².